The van der Waals surface area contributed by atoms with Gasteiger partial charge in [-0.1, -0.05) is 20.8 Å². The maximum Gasteiger partial charge on any atom is 0.122 e. The van der Waals surface area contributed by atoms with E-state index in [1.165, 1.54) is 4.88 Å². The summed E-state index contributed by atoms with van der Waals surface area (Å²) in [4.78, 5) is 5.96. The van der Waals surface area contributed by atoms with E-state index in [-0.39, 0.29) is 6.10 Å². The number of nitrogens with zero attached hydrogens (tertiary/aromatic N) is 1. The summed E-state index contributed by atoms with van der Waals surface area (Å²) in [7, 11) is 3.45. The predicted octanol–water partition coefficient (Wildman–Crippen LogP) is 3.13. The molecule has 19 heavy (non-hydrogen) atoms. The standard InChI is InChI=1S/C14H26N2O2S/c1-6-7-15-8-12-11(9-17-4)16-14(19-12)13(18-5)10(2)3/h10,13,15H,6-9H2,1-5H3. The van der Waals surface area contributed by atoms with Crippen LogP contribution in [0.5, 0.6) is 0 Å². The highest BCUT2D eigenvalue weighted by molar-refractivity contribution is 7.11. The van der Waals surface area contributed by atoms with Crippen LogP contribution in [0.3, 0.4) is 0 Å². The van der Waals surface area contributed by atoms with Crippen molar-refractivity contribution in [1.82, 2.24) is 10.3 Å². The Morgan fingerprint density at radius 1 is 1.32 bits per heavy atom. The number of ether oxygens (including phenoxy) is 2. The molecule has 110 valence electrons. The van der Waals surface area contributed by atoms with E-state index in [0.29, 0.717) is 12.5 Å². The maximum absolute atomic E-state index is 5.56. The summed E-state index contributed by atoms with van der Waals surface area (Å²) in [5, 5.41) is 4.48. The average molecular weight is 286 g/mol. The number of hydrogen-bond donors (Lipinski definition) is 1. The molecule has 0 saturated carbocycles. The van der Waals surface area contributed by atoms with Crippen LogP contribution >= 0.6 is 11.3 Å². The normalized spacial score (nSPS) is 13.2. The Hall–Kier alpha value is -0.490. The molecule has 0 aliphatic rings. The molecule has 1 heterocycles. The van der Waals surface area contributed by atoms with Gasteiger partial charge in [-0.05, 0) is 18.9 Å². The molecule has 1 N–H and O–H groups in total. The fraction of sp³-hybridized carbons (Fsp3) is 0.786. The summed E-state index contributed by atoms with van der Waals surface area (Å²) < 4.78 is 10.8. The van der Waals surface area contributed by atoms with Crippen LogP contribution in [0.25, 0.3) is 0 Å². The summed E-state index contributed by atoms with van der Waals surface area (Å²) in [6, 6.07) is 0. The minimum Gasteiger partial charge on any atom is -0.378 e. The molecule has 0 fully saturated rings. The molecule has 0 amide bonds. The van der Waals surface area contributed by atoms with Crippen LogP contribution in [0.2, 0.25) is 0 Å². The summed E-state index contributed by atoms with van der Waals surface area (Å²) in [5.41, 5.74) is 1.04. The minimum atomic E-state index is 0.0699. The van der Waals surface area contributed by atoms with Gasteiger partial charge in [-0.2, -0.15) is 0 Å². The SMILES string of the molecule is CCCNCc1sc(C(OC)C(C)C)nc1COC. The van der Waals surface area contributed by atoms with Crippen LogP contribution < -0.4 is 5.32 Å². The molecule has 0 bridgehead atoms. The van der Waals surface area contributed by atoms with Gasteiger partial charge in [-0.25, -0.2) is 4.98 Å². The molecule has 4 nitrogen and oxygen atoms in total. The van der Waals surface area contributed by atoms with Crippen molar-refractivity contribution >= 4 is 11.3 Å². The molecular weight excluding hydrogens is 260 g/mol. The first-order chi connectivity index (χ1) is 9.13. The number of nitrogens with one attached hydrogen (secondary N) is 1. The second-order valence-electron chi connectivity index (χ2n) is 4.93. The molecular formula is C14H26N2O2S. The lowest BCUT2D eigenvalue weighted by atomic mass is 10.1. The number of aromatic nitrogens is 1. The van der Waals surface area contributed by atoms with Crippen molar-refractivity contribution in [1.29, 1.82) is 0 Å². The van der Waals surface area contributed by atoms with E-state index in [4.69, 9.17) is 14.5 Å². The zero-order valence-corrected chi connectivity index (χ0v) is 13.5. The van der Waals surface area contributed by atoms with Gasteiger partial charge in [-0.3, -0.25) is 0 Å². The van der Waals surface area contributed by atoms with Crippen LogP contribution in [0, 0.1) is 5.92 Å². The van der Waals surface area contributed by atoms with E-state index in [1.54, 1.807) is 25.6 Å². The molecule has 1 aromatic rings. The fourth-order valence-corrected chi connectivity index (χ4v) is 3.24. The Morgan fingerprint density at radius 3 is 2.58 bits per heavy atom. The summed E-state index contributed by atoms with van der Waals surface area (Å²) in [6.07, 6.45) is 1.21. The van der Waals surface area contributed by atoms with Crippen LogP contribution in [0.4, 0.5) is 0 Å². The van der Waals surface area contributed by atoms with E-state index < -0.39 is 0 Å². The van der Waals surface area contributed by atoms with E-state index in [9.17, 15) is 0 Å². The van der Waals surface area contributed by atoms with Gasteiger partial charge in [0.15, 0.2) is 0 Å². The van der Waals surface area contributed by atoms with Crippen LogP contribution in [-0.2, 0) is 22.6 Å². The third-order valence-corrected chi connectivity index (χ3v) is 4.05. The zero-order valence-electron chi connectivity index (χ0n) is 12.7. The Bertz CT molecular complexity index is 366. The van der Waals surface area contributed by atoms with Crippen molar-refractivity contribution in [3.63, 3.8) is 0 Å². The van der Waals surface area contributed by atoms with Gasteiger partial charge < -0.3 is 14.8 Å². The molecule has 1 unspecified atom stereocenters. The summed E-state index contributed by atoms with van der Waals surface area (Å²) in [6.45, 7) is 8.92. The maximum atomic E-state index is 5.56. The molecule has 0 spiro atoms. The molecule has 0 saturated heterocycles. The van der Waals surface area contributed by atoms with E-state index in [2.05, 4.69) is 26.1 Å². The van der Waals surface area contributed by atoms with Gasteiger partial charge in [0.2, 0.25) is 0 Å². The number of methoxy groups -OCH3 is 2. The lowest BCUT2D eigenvalue weighted by Crippen LogP contribution is -2.14. The Labute approximate surface area is 120 Å². The van der Waals surface area contributed by atoms with Gasteiger partial charge in [0.1, 0.15) is 11.1 Å². The highest BCUT2D eigenvalue weighted by atomic mass is 32.1. The fourth-order valence-electron chi connectivity index (χ4n) is 1.95. The predicted molar refractivity (Wildman–Crippen MR) is 79.4 cm³/mol. The van der Waals surface area contributed by atoms with Crippen molar-refractivity contribution in [2.45, 2.75) is 46.4 Å². The number of thiazole rings is 1. The summed E-state index contributed by atoms with van der Waals surface area (Å²) in [5.74, 6) is 0.419. The first-order valence-corrected chi connectivity index (χ1v) is 7.66. The lowest BCUT2D eigenvalue weighted by molar-refractivity contribution is 0.0640. The second-order valence-corrected chi connectivity index (χ2v) is 6.05. The van der Waals surface area contributed by atoms with Crippen molar-refractivity contribution in [3.05, 3.63) is 15.6 Å². The minimum absolute atomic E-state index is 0.0699. The molecule has 0 radical (unpaired) electrons. The number of hydrogen-bond acceptors (Lipinski definition) is 5. The van der Waals surface area contributed by atoms with Gasteiger partial charge in [0.05, 0.1) is 12.3 Å². The van der Waals surface area contributed by atoms with Crippen molar-refractivity contribution < 1.29 is 9.47 Å². The van der Waals surface area contributed by atoms with Gasteiger partial charge in [-0.15, -0.1) is 11.3 Å². The topological polar surface area (TPSA) is 43.4 Å². The zero-order chi connectivity index (χ0) is 14.3. The molecule has 0 aromatic carbocycles. The van der Waals surface area contributed by atoms with E-state index in [0.717, 1.165) is 30.2 Å². The van der Waals surface area contributed by atoms with E-state index in [1.807, 2.05) is 0 Å². The smallest absolute Gasteiger partial charge is 0.122 e. The molecule has 0 aliphatic carbocycles. The lowest BCUT2D eigenvalue weighted by Gasteiger charge is -2.16. The highest BCUT2D eigenvalue weighted by Gasteiger charge is 2.21. The van der Waals surface area contributed by atoms with Crippen LogP contribution in [-0.4, -0.2) is 25.7 Å². The first-order valence-electron chi connectivity index (χ1n) is 6.84. The third-order valence-electron chi connectivity index (χ3n) is 2.89. The van der Waals surface area contributed by atoms with Gasteiger partial charge in [0.25, 0.3) is 0 Å². The molecule has 0 aliphatic heterocycles. The second kappa shape index (κ2) is 8.64. The van der Waals surface area contributed by atoms with Crippen molar-refractivity contribution in [2.24, 2.45) is 5.92 Å². The van der Waals surface area contributed by atoms with Gasteiger partial charge >= 0.3 is 0 Å². The van der Waals surface area contributed by atoms with E-state index >= 15 is 0 Å². The Kier molecular flexibility index (Phi) is 7.53. The molecule has 1 rings (SSSR count). The Balaban J connectivity index is 2.85. The monoisotopic (exact) mass is 286 g/mol. The average Bonchev–Trinajstić information content (AvgIpc) is 2.74. The highest BCUT2D eigenvalue weighted by Crippen LogP contribution is 2.31. The van der Waals surface area contributed by atoms with Gasteiger partial charge in [0, 0.05) is 25.6 Å². The largest absolute Gasteiger partial charge is 0.378 e. The van der Waals surface area contributed by atoms with Crippen molar-refractivity contribution in [3.8, 4) is 0 Å². The molecule has 1 aromatic heterocycles. The number of rotatable bonds is 9. The third kappa shape index (κ3) is 4.84. The van der Waals surface area contributed by atoms with Crippen LogP contribution in [0.1, 0.15) is 48.9 Å². The quantitative estimate of drug-likeness (QED) is 0.708. The molecule has 1 atom stereocenters. The van der Waals surface area contributed by atoms with Crippen molar-refractivity contribution in [2.75, 3.05) is 20.8 Å². The first kappa shape index (κ1) is 16.6. The molecule has 5 heteroatoms. The van der Waals surface area contributed by atoms with Crippen LogP contribution in [0.15, 0.2) is 0 Å². The Morgan fingerprint density at radius 2 is 2.05 bits per heavy atom. The summed E-state index contributed by atoms with van der Waals surface area (Å²) >= 11 is 1.73.